The van der Waals surface area contributed by atoms with E-state index in [9.17, 15) is 4.79 Å². The van der Waals surface area contributed by atoms with Crippen LogP contribution in [-0.2, 0) is 11.2 Å². The van der Waals surface area contributed by atoms with Crippen LogP contribution in [0.4, 0.5) is 0 Å². The Morgan fingerprint density at radius 2 is 2.05 bits per heavy atom. The summed E-state index contributed by atoms with van der Waals surface area (Å²) in [6.07, 6.45) is 0.364. The summed E-state index contributed by atoms with van der Waals surface area (Å²) in [6, 6.07) is 8.29. The molecule has 1 aromatic heterocycles. The van der Waals surface area contributed by atoms with Gasteiger partial charge in [-0.1, -0.05) is 29.8 Å². The minimum absolute atomic E-state index is 0.103. The number of carbonyl (C=O) groups excluding carboxylic acids is 1. The number of aromatic nitrogens is 1. The molecule has 0 saturated heterocycles. The van der Waals surface area contributed by atoms with Gasteiger partial charge in [-0.25, -0.2) is 4.98 Å². The van der Waals surface area contributed by atoms with E-state index < -0.39 is 0 Å². The number of hydrogen-bond acceptors (Lipinski definition) is 4. The molecule has 2 rings (SSSR count). The third-order valence-electron chi connectivity index (χ3n) is 3.31. The van der Waals surface area contributed by atoms with Crippen LogP contribution in [0, 0.1) is 6.92 Å². The molecule has 1 heterocycles. The maximum Gasteiger partial charge on any atom is 0.228 e. The average Bonchev–Trinajstić information content (AvgIpc) is 2.93. The molecule has 2 aromatic rings. The first kappa shape index (κ1) is 15.7. The predicted octanol–water partition coefficient (Wildman–Crippen LogP) is 2.34. The van der Waals surface area contributed by atoms with Crippen molar-refractivity contribution in [3.05, 3.63) is 40.9 Å². The van der Waals surface area contributed by atoms with Crippen molar-refractivity contribution in [1.29, 1.82) is 0 Å². The van der Waals surface area contributed by atoms with E-state index in [-0.39, 0.29) is 5.91 Å². The Hall–Kier alpha value is -1.72. The second-order valence-corrected chi connectivity index (χ2v) is 5.96. The molecule has 21 heavy (non-hydrogen) atoms. The van der Waals surface area contributed by atoms with Crippen molar-refractivity contribution >= 4 is 17.2 Å². The molecule has 0 bridgehead atoms. The van der Waals surface area contributed by atoms with E-state index in [1.165, 1.54) is 5.56 Å². The highest BCUT2D eigenvalue weighted by Crippen LogP contribution is 2.24. The lowest BCUT2D eigenvalue weighted by atomic mass is 10.2. The van der Waals surface area contributed by atoms with E-state index in [1.807, 2.05) is 19.5 Å². The van der Waals surface area contributed by atoms with Crippen LogP contribution in [0.3, 0.4) is 0 Å². The summed E-state index contributed by atoms with van der Waals surface area (Å²) in [5.74, 6) is 0.103. The largest absolute Gasteiger partial charge is 0.344 e. The molecule has 1 amide bonds. The molecule has 1 N–H and O–H groups in total. The van der Waals surface area contributed by atoms with Gasteiger partial charge >= 0.3 is 0 Å². The Balaban J connectivity index is 2.00. The van der Waals surface area contributed by atoms with Gasteiger partial charge in [0.25, 0.3) is 0 Å². The number of likely N-dealkylation sites (N-methyl/N-ethyl adjacent to an activating group) is 2. The lowest BCUT2D eigenvalue weighted by Crippen LogP contribution is -2.33. The van der Waals surface area contributed by atoms with Gasteiger partial charge in [0, 0.05) is 31.1 Å². The minimum atomic E-state index is 0.103. The molecule has 0 spiro atoms. The molecule has 0 fully saturated rings. The molecular weight excluding hydrogens is 282 g/mol. The summed E-state index contributed by atoms with van der Waals surface area (Å²) in [4.78, 5) is 18.4. The van der Waals surface area contributed by atoms with E-state index in [4.69, 9.17) is 0 Å². The van der Waals surface area contributed by atoms with Gasteiger partial charge < -0.3 is 10.2 Å². The molecule has 0 aliphatic heterocycles. The van der Waals surface area contributed by atoms with Crippen molar-refractivity contribution in [2.75, 3.05) is 27.2 Å². The van der Waals surface area contributed by atoms with Crippen molar-refractivity contribution in [1.82, 2.24) is 15.2 Å². The van der Waals surface area contributed by atoms with Gasteiger partial charge in [0.2, 0.25) is 5.91 Å². The molecule has 0 aliphatic rings. The van der Waals surface area contributed by atoms with Crippen LogP contribution in [0.25, 0.3) is 10.6 Å². The molecule has 0 aliphatic carbocycles. The molecule has 0 saturated carbocycles. The Bertz CT molecular complexity index is 592. The van der Waals surface area contributed by atoms with Crippen LogP contribution < -0.4 is 5.32 Å². The van der Waals surface area contributed by atoms with Gasteiger partial charge in [0.05, 0.1) is 12.1 Å². The van der Waals surface area contributed by atoms with Crippen molar-refractivity contribution in [2.45, 2.75) is 13.3 Å². The topological polar surface area (TPSA) is 45.2 Å². The lowest BCUT2D eigenvalue weighted by Gasteiger charge is -2.16. The van der Waals surface area contributed by atoms with Crippen molar-refractivity contribution in [2.24, 2.45) is 0 Å². The zero-order chi connectivity index (χ0) is 15.2. The first-order valence-corrected chi connectivity index (χ1v) is 7.88. The van der Waals surface area contributed by atoms with E-state index in [0.717, 1.165) is 22.8 Å². The first-order valence-electron chi connectivity index (χ1n) is 7.00. The Labute approximate surface area is 129 Å². The van der Waals surface area contributed by atoms with Crippen LogP contribution in [-0.4, -0.2) is 43.0 Å². The van der Waals surface area contributed by atoms with Gasteiger partial charge in [-0.15, -0.1) is 11.3 Å². The summed E-state index contributed by atoms with van der Waals surface area (Å²) < 4.78 is 0. The van der Waals surface area contributed by atoms with Gasteiger partial charge in [0.1, 0.15) is 5.01 Å². The summed E-state index contributed by atoms with van der Waals surface area (Å²) >= 11 is 1.59. The van der Waals surface area contributed by atoms with Crippen molar-refractivity contribution in [3.8, 4) is 10.6 Å². The second kappa shape index (κ2) is 7.33. The smallest absolute Gasteiger partial charge is 0.228 e. The number of nitrogens with one attached hydrogen (secondary N) is 1. The average molecular weight is 303 g/mol. The molecule has 1 aromatic carbocycles. The molecule has 0 unspecified atom stereocenters. The number of rotatable bonds is 6. The van der Waals surface area contributed by atoms with E-state index in [2.05, 4.69) is 41.5 Å². The predicted molar refractivity (Wildman–Crippen MR) is 87.6 cm³/mol. The highest BCUT2D eigenvalue weighted by Gasteiger charge is 2.12. The fraction of sp³-hybridized carbons (Fsp3) is 0.375. The van der Waals surface area contributed by atoms with Crippen LogP contribution in [0.2, 0.25) is 0 Å². The highest BCUT2D eigenvalue weighted by atomic mass is 32.1. The van der Waals surface area contributed by atoms with Crippen LogP contribution in [0.15, 0.2) is 29.6 Å². The number of hydrogen-bond donors (Lipinski definition) is 1. The summed E-state index contributed by atoms with van der Waals surface area (Å²) in [5.41, 5.74) is 3.18. The molecule has 0 atom stereocenters. The number of carbonyl (C=O) groups is 1. The molecule has 112 valence electrons. The van der Waals surface area contributed by atoms with Crippen molar-refractivity contribution in [3.63, 3.8) is 0 Å². The summed E-state index contributed by atoms with van der Waals surface area (Å²) in [5, 5.41) is 5.98. The first-order chi connectivity index (χ1) is 10.1. The standard InChI is InChI=1S/C16H21N3OS/c1-12-4-6-13(7-5-12)16-18-14(11-21-16)10-15(20)19(3)9-8-17-2/h4-7,11,17H,8-10H2,1-3H3. The normalized spacial score (nSPS) is 10.6. The van der Waals surface area contributed by atoms with Gasteiger partial charge in [0.15, 0.2) is 0 Å². The van der Waals surface area contributed by atoms with Gasteiger partial charge in [-0.3, -0.25) is 4.79 Å². The molecular formula is C16H21N3OS. The Morgan fingerprint density at radius 1 is 1.33 bits per heavy atom. The fourth-order valence-corrected chi connectivity index (χ4v) is 2.74. The zero-order valence-electron chi connectivity index (χ0n) is 12.7. The summed E-state index contributed by atoms with van der Waals surface area (Å²) in [6.45, 7) is 3.58. The third-order valence-corrected chi connectivity index (χ3v) is 4.25. The number of benzene rings is 1. The van der Waals surface area contributed by atoms with E-state index in [1.54, 1.807) is 16.2 Å². The molecule has 0 radical (unpaired) electrons. The van der Waals surface area contributed by atoms with E-state index in [0.29, 0.717) is 13.0 Å². The second-order valence-electron chi connectivity index (χ2n) is 5.11. The quantitative estimate of drug-likeness (QED) is 0.891. The lowest BCUT2D eigenvalue weighted by molar-refractivity contribution is -0.129. The minimum Gasteiger partial charge on any atom is -0.344 e. The zero-order valence-corrected chi connectivity index (χ0v) is 13.5. The Kier molecular flexibility index (Phi) is 5.47. The SMILES string of the molecule is CNCCN(C)C(=O)Cc1csc(-c2ccc(C)cc2)n1. The maximum absolute atomic E-state index is 12.1. The number of amides is 1. The fourth-order valence-electron chi connectivity index (χ4n) is 1.91. The Morgan fingerprint density at radius 3 is 2.71 bits per heavy atom. The molecule has 5 heteroatoms. The van der Waals surface area contributed by atoms with E-state index >= 15 is 0 Å². The molecule has 4 nitrogen and oxygen atoms in total. The third kappa shape index (κ3) is 4.37. The van der Waals surface area contributed by atoms with Gasteiger partial charge in [-0.05, 0) is 14.0 Å². The van der Waals surface area contributed by atoms with Crippen molar-refractivity contribution < 1.29 is 4.79 Å². The van der Waals surface area contributed by atoms with Crippen LogP contribution >= 0.6 is 11.3 Å². The van der Waals surface area contributed by atoms with Crippen LogP contribution in [0.1, 0.15) is 11.3 Å². The van der Waals surface area contributed by atoms with Crippen LogP contribution in [0.5, 0.6) is 0 Å². The number of nitrogens with zero attached hydrogens (tertiary/aromatic N) is 2. The number of thiazole rings is 1. The van der Waals surface area contributed by atoms with Gasteiger partial charge in [-0.2, -0.15) is 0 Å². The maximum atomic E-state index is 12.1. The number of aryl methyl sites for hydroxylation is 1. The monoisotopic (exact) mass is 303 g/mol. The highest BCUT2D eigenvalue weighted by molar-refractivity contribution is 7.13. The summed E-state index contributed by atoms with van der Waals surface area (Å²) in [7, 11) is 3.71.